The number of benzene rings is 2. The molecule has 2 aromatic heterocycles. The van der Waals surface area contributed by atoms with Crippen LogP contribution in [0.5, 0.6) is 0 Å². The number of anilines is 2. The zero-order valence-corrected chi connectivity index (χ0v) is 12.7. The SMILES string of the molecule is COC(=O)c1ccc2oc(Nc3nc4cc(F)cc(F)c4o3)nc2c1. The number of rotatable bonds is 3. The van der Waals surface area contributed by atoms with E-state index < -0.39 is 17.6 Å². The van der Waals surface area contributed by atoms with E-state index in [0.29, 0.717) is 22.7 Å². The second kappa shape index (κ2) is 5.55. The maximum atomic E-state index is 13.6. The number of esters is 1. The van der Waals surface area contributed by atoms with E-state index in [1.165, 1.54) is 19.2 Å². The van der Waals surface area contributed by atoms with Crippen molar-refractivity contribution in [2.45, 2.75) is 0 Å². The fourth-order valence-corrected chi connectivity index (χ4v) is 2.33. The number of aromatic nitrogens is 2. The van der Waals surface area contributed by atoms with Gasteiger partial charge in [-0.25, -0.2) is 13.6 Å². The van der Waals surface area contributed by atoms with Crippen molar-refractivity contribution in [3.05, 3.63) is 47.5 Å². The summed E-state index contributed by atoms with van der Waals surface area (Å²) in [5.74, 6) is -2.13. The summed E-state index contributed by atoms with van der Waals surface area (Å²) in [5, 5.41) is 2.63. The third kappa shape index (κ3) is 2.65. The largest absolute Gasteiger partial charge is 0.465 e. The second-order valence-electron chi connectivity index (χ2n) is 5.07. The standard InChI is InChI=1S/C16H9F2N3O4/c1-23-14(22)7-2-3-12-10(4-7)19-15(24-12)21-16-20-11-6-8(17)5-9(18)13(11)25-16/h2-6H,1H3,(H,19,20,21). The van der Waals surface area contributed by atoms with Gasteiger partial charge in [0.05, 0.1) is 12.7 Å². The first kappa shape index (κ1) is 15.1. The van der Waals surface area contributed by atoms with Crippen molar-refractivity contribution in [1.82, 2.24) is 9.97 Å². The Morgan fingerprint density at radius 1 is 1.08 bits per heavy atom. The van der Waals surface area contributed by atoms with Crippen LogP contribution in [0.4, 0.5) is 20.8 Å². The van der Waals surface area contributed by atoms with Crippen molar-refractivity contribution in [3.8, 4) is 0 Å². The second-order valence-corrected chi connectivity index (χ2v) is 5.07. The van der Waals surface area contributed by atoms with Crippen molar-refractivity contribution in [1.29, 1.82) is 0 Å². The Morgan fingerprint density at radius 3 is 2.64 bits per heavy atom. The molecule has 0 saturated heterocycles. The molecule has 0 bridgehead atoms. The molecule has 4 aromatic rings. The van der Waals surface area contributed by atoms with Crippen molar-refractivity contribution >= 4 is 40.2 Å². The lowest BCUT2D eigenvalue weighted by Gasteiger charge is -1.96. The number of carbonyl (C=O) groups excluding carboxylic acids is 1. The molecule has 4 rings (SSSR count). The molecule has 2 heterocycles. The van der Waals surface area contributed by atoms with Crippen LogP contribution in [0, 0.1) is 11.6 Å². The Morgan fingerprint density at radius 2 is 1.84 bits per heavy atom. The van der Waals surface area contributed by atoms with Gasteiger partial charge in [-0.3, -0.25) is 5.32 Å². The van der Waals surface area contributed by atoms with E-state index in [0.717, 1.165) is 6.07 Å². The molecule has 0 atom stereocenters. The van der Waals surface area contributed by atoms with Gasteiger partial charge in [-0.2, -0.15) is 9.97 Å². The zero-order chi connectivity index (χ0) is 17.6. The molecule has 1 N–H and O–H groups in total. The van der Waals surface area contributed by atoms with Crippen LogP contribution in [0.25, 0.3) is 22.2 Å². The van der Waals surface area contributed by atoms with Gasteiger partial charge in [0.2, 0.25) is 0 Å². The molecule has 0 radical (unpaired) electrons. The molecule has 7 nitrogen and oxygen atoms in total. The van der Waals surface area contributed by atoms with Crippen molar-refractivity contribution in [2.24, 2.45) is 0 Å². The quantitative estimate of drug-likeness (QED) is 0.565. The van der Waals surface area contributed by atoms with Crippen LogP contribution in [0.1, 0.15) is 10.4 Å². The molecule has 0 spiro atoms. The number of nitrogens with zero attached hydrogens (tertiary/aromatic N) is 2. The summed E-state index contributed by atoms with van der Waals surface area (Å²) < 4.78 is 42.1. The number of fused-ring (bicyclic) bond motifs is 2. The van der Waals surface area contributed by atoms with Gasteiger partial charge in [0.1, 0.15) is 16.9 Å². The number of oxazole rings is 2. The number of methoxy groups -OCH3 is 1. The normalized spacial score (nSPS) is 11.2. The van der Waals surface area contributed by atoms with Gasteiger partial charge in [0, 0.05) is 12.1 Å². The van der Waals surface area contributed by atoms with E-state index in [-0.39, 0.29) is 23.1 Å². The van der Waals surface area contributed by atoms with Crippen LogP contribution in [0.2, 0.25) is 0 Å². The molecule has 0 saturated carbocycles. The molecular formula is C16H9F2N3O4. The highest BCUT2D eigenvalue weighted by Crippen LogP contribution is 2.27. The minimum absolute atomic E-state index is 0.0177. The zero-order valence-electron chi connectivity index (χ0n) is 12.7. The molecule has 25 heavy (non-hydrogen) atoms. The summed E-state index contributed by atoms with van der Waals surface area (Å²) in [7, 11) is 1.28. The van der Waals surface area contributed by atoms with Crippen LogP contribution >= 0.6 is 0 Å². The molecule has 9 heteroatoms. The van der Waals surface area contributed by atoms with Gasteiger partial charge < -0.3 is 13.6 Å². The lowest BCUT2D eigenvalue weighted by Crippen LogP contribution is -2.00. The molecule has 0 unspecified atom stereocenters. The third-order valence-electron chi connectivity index (χ3n) is 3.43. The highest BCUT2D eigenvalue weighted by molar-refractivity contribution is 5.93. The Hall–Kier alpha value is -3.49. The third-order valence-corrected chi connectivity index (χ3v) is 3.43. The Bertz CT molecular complexity index is 1120. The highest BCUT2D eigenvalue weighted by Gasteiger charge is 2.15. The summed E-state index contributed by atoms with van der Waals surface area (Å²) >= 11 is 0. The molecule has 0 aliphatic rings. The summed E-state index contributed by atoms with van der Waals surface area (Å²) in [5.41, 5.74) is 0.952. The van der Waals surface area contributed by atoms with Gasteiger partial charge in [-0.05, 0) is 18.2 Å². The van der Waals surface area contributed by atoms with Gasteiger partial charge in [-0.1, -0.05) is 0 Å². The Balaban J connectivity index is 1.68. The number of ether oxygens (including phenoxy) is 1. The van der Waals surface area contributed by atoms with Crippen LogP contribution in [0.15, 0.2) is 39.2 Å². The molecule has 2 aromatic carbocycles. The van der Waals surface area contributed by atoms with E-state index in [9.17, 15) is 13.6 Å². The number of hydrogen-bond acceptors (Lipinski definition) is 7. The summed E-state index contributed by atoms with van der Waals surface area (Å²) in [6.07, 6.45) is 0. The molecule has 0 aliphatic carbocycles. The number of nitrogens with one attached hydrogen (secondary N) is 1. The van der Waals surface area contributed by atoms with Crippen LogP contribution in [0.3, 0.4) is 0 Å². The Labute approximate surface area is 138 Å². The highest BCUT2D eigenvalue weighted by atomic mass is 19.1. The van der Waals surface area contributed by atoms with E-state index in [2.05, 4.69) is 20.0 Å². The lowest BCUT2D eigenvalue weighted by molar-refractivity contribution is 0.0601. The first-order valence-corrected chi connectivity index (χ1v) is 7.05. The maximum Gasteiger partial charge on any atom is 0.337 e. The average molecular weight is 345 g/mol. The number of halogens is 2. The molecule has 126 valence electrons. The van der Waals surface area contributed by atoms with Crippen LogP contribution in [-0.2, 0) is 4.74 Å². The van der Waals surface area contributed by atoms with Crippen molar-refractivity contribution < 1.29 is 27.1 Å². The Kier molecular flexibility index (Phi) is 3.34. The fourth-order valence-electron chi connectivity index (χ4n) is 2.33. The van der Waals surface area contributed by atoms with Gasteiger partial charge >= 0.3 is 18.0 Å². The minimum Gasteiger partial charge on any atom is -0.465 e. The van der Waals surface area contributed by atoms with E-state index in [1.54, 1.807) is 6.07 Å². The monoisotopic (exact) mass is 345 g/mol. The summed E-state index contributed by atoms with van der Waals surface area (Å²) in [6.45, 7) is 0. The summed E-state index contributed by atoms with van der Waals surface area (Å²) in [4.78, 5) is 19.6. The maximum absolute atomic E-state index is 13.6. The van der Waals surface area contributed by atoms with E-state index in [4.69, 9.17) is 8.83 Å². The van der Waals surface area contributed by atoms with Crippen LogP contribution < -0.4 is 5.32 Å². The topological polar surface area (TPSA) is 90.4 Å². The predicted octanol–water partition coefficient (Wildman–Crippen LogP) is 3.78. The van der Waals surface area contributed by atoms with Crippen molar-refractivity contribution in [3.63, 3.8) is 0 Å². The minimum atomic E-state index is -0.865. The first-order valence-electron chi connectivity index (χ1n) is 7.05. The van der Waals surface area contributed by atoms with Crippen molar-refractivity contribution in [2.75, 3.05) is 12.4 Å². The van der Waals surface area contributed by atoms with E-state index >= 15 is 0 Å². The first-order chi connectivity index (χ1) is 12.0. The number of hydrogen-bond donors (Lipinski definition) is 1. The molecule has 0 aliphatic heterocycles. The van der Waals surface area contributed by atoms with Crippen LogP contribution in [-0.4, -0.2) is 23.0 Å². The molecule has 0 amide bonds. The number of carbonyl (C=O) groups is 1. The average Bonchev–Trinajstić information content (AvgIpc) is 3.16. The summed E-state index contributed by atoms with van der Waals surface area (Å²) in [6, 6.07) is 6.23. The van der Waals surface area contributed by atoms with E-state index in [1.807, 2.05) is 0 Å². The van der Waals surface area contributed by atoms with Gasteiger partial charge in [-0.15, -0.1) is 0 Å². The van der Waals surface area contributed by atoms with Gasteiger partial charge in [0.25, 0.3) is 0 Å². The smallest absolute Gasteiger partial charge is 0.337 e. The predicted molar refractivity (Wildman–Crippen MR) is 82.6 cm³/mol. The molecule has 0 fully saturated rings. The van der Waals surface area contributed by atoms with Gasteiger partial charge in [0.15, 0.2) is 17.0 Å². The lowest BCUT2D eigenvalue weighted by atomic mass is 10.2. The molecular weight excluding hydrogens is 336 g/mol. The fraction of sp³-hybridized carbons (Fsp3) is 0.0625.